The van der Waals surface area contributed by atoms with E-state index in [0.717, 1.165) is 13.0 Å². The van der Waals surface area contributed by atoms with Gasteiger partial charge in [0, 0.05) is 5.41 Å². The third kappa shape index (κ3) is 6.34. The van der Waals surface area contributed by atoms with Crippen LogP contribution in [0.1, 0.15) is 95.0 Å². The van der Waals surface area contributed by atoms with Crippen LogP contribution in [-0.2, 0) is 18.4 Å². The maximum atomic E-state index is 3.70. The molecule has 1 heterocycles. The van der Waals surface area contributed by atoms with Crippen LogP contribution in [0.5, 0.6) is 0 Å². The number of H-pyrrole nitrogens is 1. The van der Waals surface area contributed by atoms with E-state index in [1.807, 2.05) is 0 Å². The number of imidazole rings is 1. The van der Waals surface area contributed by atoms with E-state index in [0.29, 0.717) is 5.92 Å². The van der Waals surface area contributed by atoms with Crippen molar-refractivity contribution in [3.8, 4) is 0 Å². The predicted molar refractivity (Wildman–Crippen MR) is 136 cm³/mol. The maximum Gasteiger partial charge on any atom is 0.258 e. The van der Waals surface area contributed by atoms with Gasteiger partial charge in [0.2, 0.25) is 0 Å². The molecule has 172 valence electrons. The molecule has 2 aromatic carbocycles. The van der Waals surface area contributed by atoms with Crippen LogP contribution >= 0.6 is 0 Å². The Labute approximate surface area is 196 Å². The molecule has 0 bridgehead atoms. The summed E-state index contributed by atoms with van der Waals surface area (Å²) in [6, 6.07) is 22.3. The van der Waals surface area contributed by atoms with Crippen LogP contribution in [0.2, 0.25) is 0 Å². The number of rotatable bonds is 14. The minimum absolute atomic E-state index is 0.0202. The molecule has 2 atom stereocenters. The lowest BCUT2D eigenvalue weighted by Gasteiger charge is -2.37. The lowest BCUT2D eigenvalue weighted by molar-refractivity contribution is -0.705. The number of nitrogens with zero attached hydrogens (tertiary/aromatic N) is 1. The SMILES string of the molecule is CCCCCC[n+]1cc[nH]c1C(CCCCC)C(C)(Cc1ccccc1)c1ccccc1. The van der Waals surface area contributed by atoms with Crippen LogP contribution in [0.25, 0.3) is 0 Å². The zero-order valence-corrected chi connectivity index (χ0v) is 20.5. The standard InChI is InChI=1S/C30H42N2/c1-4-6-8-16-23-32-24-22-31-29(32)28(21-11-7-5-2)30(3,27-19-14-10-15-20-27)25-26-17-12-9-13-18-26/h9-10,12-15,17-20,22,24,28H,4-8,11,16,21,23,25H2,1-3H3/p+1. The fourth-order valence-electron chi connectivity index (χ4n) is 5.20. The van der Waals surface area contributed by atoms with Crippen molar-refractivity contribution in [2.75, 3.05) is 0 Å². The van der Waals surface area contributed by atoms with Gasteiger partial charge in [-0.2, -0.15) is 0 Å². The summed E-state index contributed by atoms with van der Waals surface area (Å²) in [4.78, 5) is 3.70. The molecule has 0 fully saturated rings. The van der Waals surface area contributed by atoms with Crippen molar-refractivity contribution in [2.45, 2.75) is 96.4 Å². The average molecular weight is 432 g/mol. The van der Waals surface area contributed by atoms with Gasteiger partial charge in [-0.1, -0.05) is 114 Å². The Morgan fingerprint density at radius 1 is 0.812 bits per heavy atom. The van der Waals surface area contributed by atoms with Crippen molar-refractivity contribution >= 4 is 0 Å². The zero-order valence-electron chi connectivity index (χ0n) is 20.5. The predicted octanol–water partition coefficient (Wildman–Crippen LogP) is 7.75. The first-order valence-electron chi connectivity index (χ1n) is 12.8. The van der Waals surface area contributed by atoms with Gasteiger partial charge in [-0.05, 0) is 36.8 Å². The second kappa shape index (κ2) is 12.6. The molecule has 3 rings (SSSR count). The van der Waals surface area contributed by atoms with Gasteiger partial charge in [-0.25, -0.2) is 9.55 Å². The van der Waals surface area contributed by atoms with Crippen molar-refractivity contribution in [1.82, 2.24) is 4.98 Å². The van der Waals surface area contributed by atoms with Crippen LogP contribution in [0.3, 0.4) is 0 Å². The molecule has 1 N–H and O–H groups in total. The van der Waals surface area contributed by atoms with Gasteiger partial charge in [-0.15, -0.1) is 0 Å². The number of unbranched alkanes of at least 4 members (excludes halogenated alkanes) is 5. The Morgan fingerprint density at radius 2 is 1.47 bits per heavy atom. The van der Waals surface area contributed by atoms with Crippen LogP contribution in [0, 0.1) is 0 Å². The lowest BCUT2D eigenvalue weighted by Crippen LogP contribution is -2.43. The molecule has 0 radical (unpaired) electrons. The van der Waals surface area contributed by atoms with Crippen LogP contribution in [0.15, 0.2) is 73.1 Å². The van der Waals surface area contributed by atoms with Crippen molar-refractivity contribution in [1.29, 1.82) is 0 Å². The molecule has 0 amide bonds. The molecule has 0 spiro atoms. The second-order valence-electron chi connectivity index (χ2n) is 9.59. The fraction of sp³-hybridized carbons (Fsp3) is 0.500. The van der Waals surface area contributed by atoms with Crippen LogP contribution in [-0.4, -0.2) is 4.98 Å². The molecule has 3 aromatic rings. The summed E-state index contributed by atoms with van der Waals surface area (Å²) in [5, 5.41) is 0. The summed E-state index contributed by atoms with van der Waals surface area (Å²) in [6.45, 7) is 8.19. The summed E-state index contributed by atoms with van der Waals surface area (Å²) in [5.74, 6) is 1.85. The molecule has 0 saturated heterocycles. The largest absolute Gasteiger partial charge is 0.258 e. The first kappa shape index (κ1) is 24.3. The van der Waals surface area contributed by atoms with Crippen LogP contribution in [0.4, 0.5) is 0 Å². The second-order valence-corrected chi connectivity index (χ2v) is 9.59. The molecular formula is C30H43N2+. The topological polar surface area (TPSA) is 19.7 Å². The van der Waals surface area contributed by atoms with Gasteiger partial charge in [-0.3, -0.25) is 0 Å². The highest BCUT2D eigenvalue weighted by atomic mass is 15.1. The average Bonchev–Trinajstić information content (AvgIpc) is 3.28. The third-order valence-corrected chi connectivity index (χ3v) is 7.09. The van der Waals surface area contributed by atoms with Gasteiger partial charge in [0.1, 0.15) is 12.4 Å². The zero-order chi connectivity index (χ0) is 22.7. The number of aromatic nitrogens is 2. The van der Waals surface area contributed by atoms with Gasteiger partial charge >= 0.3 is 0 Å². The Bertz CT molecular complexity index is 883. The van der Waals surface area contributed by atoms with E-state index in [1.54, 1.807) is 0 Å². The Balaban J connectivity index is 1.99. The highest BCUT2D eigenvalue weighted by Gasteiger charge is 2.41. The number of aryl methyl sites for hydroxylation is 1. The Kier molecular flexibility index (Phi) is 9.59. The summed E-state index contributed by atoms with van der Waals surface area (Å²) in [5.41, 5.74) is 2.88. The molecule has 2 unspecified atom stereocenters. The fourth-order valence-corrected chi connectivity index (χ4v) is 5.20. The number of hydrogen-bond donors (Lipinski definition) is 1. The quantitative estimate of drug-likeness (QED) is 0.199. The molecule has 0 aliphatic carbocycles. The van der Waals surface area contributed by atoms with E-state index in [4.69, 9.17) is 0 Å². The first-order valence-corrected chi connectivity index (χ1v) is 12.8. The van der Waals surface area contributed by atoms with E-state index in [1.165, 1.54) is 68.3 Å². The highest BCUT2D eigenvalue weighted by Crippen LogP contribution is 2.43. The van der Waals surface area contributed by atoms with Crippen molar-refractivity contribution in [2.24, 2.45) is 0 Å². The number of nitrogens with one attached hydrogen (secondary N) is 1. The third-order valence-electron chi connectivity index (χ3n) is 7.09. The molecule has 32 heavy (non-hydrogen) atoms. The van der Waals surface area contributed by atoms with Gasteiger partial charge in [0.05, 0.1) is 12.5 Å². The van der Waals surface area contributed by atoms with Crippen molar-refractivity contribution in [3.63, 3.8) is 0 Å². The van der Waals surface area contributed by atoms with Crippen molar-refractivity contribution < 1.29 is 4.57 Å². The van der Waals surface area contributed by atoms with E-state index in [2.05, 4.69) is 103 Å². The molecule has 0 aliphatic heterocycles. The summed E-state index contributed by atoms with van der Waals surface area (Å²) in [6.07, 6.45) is 15.7. The first-order chi connectivity index (χ1) is 15.7. The lowest BCUT2D eigenvalue weighted by atomic mass is 9.66. The van der Waals surface area contributed by atoms with E-state index < -0.39 is 0 Å². The molecular weight excluding hydrogens is 388 g/mol. The molecule has 2 nitrogen and oxygen atoms in total. The minimum Gasteiger partial charge on any atom is -0.247 e. The smallest absolute Gasteiger partial charge is 0.247 e. The normalized spacial score (nSPS) is 14.2. The van der Waals surface area contributed by atoms with E-state index >= 15 is 0 Å². The molecule has 0 saturated carbocycles. The number of hydrogen-bond acceptors (Lipinski definition) is 0. The Hall–Kier alpha value is -2.35. The monoisotopic (exact) mass is 431 g/mol. The van der Waals surface area contributed by atoms with Gasteiger partial charge < -0.3 is 0 Å². The van der Waals surface area contributed by atoms with Crippen LogP contribution < -0.4 is 4.57 Å². The molecule has 0 aliphatic rings. The summed E-state index contributed by atoms with van der Waals surface area (Å²) in [7, 11) is 0. The maximum absolute atomic E-state index is 3.70. The van der Waals surface area contributed by atoms with Gasteiger partial charge in [0.15, 0.2) is 0 Å². The molecule has 1 aromatic heterocycles. The minimum atomic E-state index is 0.0202. The van der Waals surface area contributed by atoms with E-state index in [-0.39, 0.29) is 5.41 Å². The number of aromatic amines is 1. The van der Waals surface area contributed by atoms with Crippen molar-refractivity contribution in [3.05, 3.63) is 90.0 Å². The highest BCUT2D eigenvalue weighted by molar-refractivity contribution is 5.32. The number of benzene rings is 2. The Morgan fingerprint density at radius 3 is 2.16 bits per heavy atom. The van der Waals surface area contributed by atoms with E-state index in [9.17, 15) is 0 Å². The van der Waals surface area contributed by atoms with Gasteiger partial charge in [0.25, 0.3) is 5.82 Å². The summed E-state index contributed by atoms with van der Waals surface area (Å²) >= 11 is 0. The molecule has 2 heteroatoms. The summed E-state index contributed by atoms with van der Waals surface area (Å²) < 4.78 is 2.51.